The van der Waals surface area contributed by atoms with Crippen LogP contribution < -0.4 is 4.74 Å². The molecule has 5 nitrogen and oxygen atoms in total. The molecule has 0 spiro atoms. The number of hydrogen-bond donors (Lipinski definition) is 0. The Kier molecular flexibility index (Phi) is 2.61. The highest BCUT2D eigenvalue weighted by molar-refractivity contribution is 6.00. The molecule has 0 saturated carbocycles. The van der Waals surface area contributed by atoms with Crippen molar-refractivity contribution < 1.29 is 14.5 Å². The number of rotatable bonds is 2. The van der Waals surface area contributed by atoms with Crippen LogP contribution >= 0.6 is 0 Å². The molecule has 0 saturated heterocycles. The summed E-state index contributed by atoms with van der Waals surface area (Å²) in [6, 6.07) is 4.14. The maximum atomic E-state index is 11.9. The smallest absolute Gasteiger partial charge is 0.270 e. The van der Waals surface area contributed by atoms with Crippen LogP contribution in [0.3, 0.4) is 0 Å². The van der Waals surface area contributed by atoms with Crippen LogP contribution in [-0.4, -0.2) is 16.3 Å². The highest BCUT2D eigenvalue weighted by Gasteiger charge is 2.35. The third-order valence-corrected chi connectivity index (χ3v) is 3.11. The number of nitro benzene ring substituents is 1. The van der Waals surface area contributed by atoms with Crippen molar-refractivity contribution in [2.75, 3.05) is 0 Å². The number of nitrogens with zero attached hydrogens (tertiary/aromatic N) is 1. The molecule has 0 aliphatic carbocycles. The molecule has 1 aromatic rings. The SMILES string of the molecule is CC[C@]1(C)CC(=O)c2cc([N+](=O)[O-])ccc2O1. The number of ether oxygens (including phenoxy) is 1. The van der Waals surface area contributed by atoms with Gasteiger partial charge in [-0.2, -0.15) is 0 Å². The summed E-state index contributed by atoms with van der Waals surface area (Å²) in [7, 11) is 0. The first-order valence-electron chi connectivity index (χ1n) is 5.46. The van der Waals surface area contributed by atoms with Gasteiger partial charge in [-0.3, -0.25) is 14.9 Å². The molecule has 1 heterocycles. The van der Waals surface area contributed by atoms with Crippen molar-refractivity contribution in [3.8, 4) is 5.75 Å². The number of fused-ring (bicyclic) bond motifs is 1. The lowest BCUT2D eigenvalue weighted by molar-refractivity contribution is -0.384. The van der Waals surface area contributed by atoms with Crippen LogP contribution in [0, 0.1) is 10.1 Å². The molecule has 1 atom stereocenters. The van der Waals surface area contributed by atoms with Gasteiger partial charge >= 0.3 is 0 Å². The van der Waals surface area contributed by atoms with Crippen LogP contribution in [-0.2, 0) is 0 Å². The maximum Gasteiger partial charge on any atom is 0.270 e. The highest BCUT2D eigenvalue weighted by atomic mass is 16.6. The molecule has 0 unspecified atom stereocenters. The number of carbonyl (C=O) groups is 1. The van der Waals surface area contributed by atoms with Gasteiger partial charge in [0.05, 0.1) is 16.9 Å². The fraction of sp³-hybridized carbons (Fsp3) is 0.417. The van der Waals surface area contributed by atoms with E-state index in [1.807, 2.05) is 13.8 Å². The van der Waals surface area contributed by atoms with Crippen LogP contribution in [0.2, 0.25) is 0 Å². The number of ketones is 1. The van der Waals surface area contributed by atoms with E-state index in [1.54, 1.807) is 0 Å². The third-order valence-electron chi connectivity index (χ3n) is 3.11. The molecule has 90 valence electrons. The molecule has 0 N–H and O–H groups in total. The molecular weight excluding hydrogens is 222 g/mol. The van der Waals surface area contributed by atoms with Gasteiger partial charge in [-0.1, -0.05) is 6.92 Å². The second kappa shape index (κ2) is 3.84. The Hall–Kier alpha value is -1.91. The minimum atomic E-state index is -0.513. The van der Waals surface area contributed by atoms with E-state index < -0.39 is 10.5 Å². The van der Waals surface area contributed by atoms with Gasteiger partial charge in [0.1, 0.15) is 11.4 Å². The molecular formula is C12H13NO4. The summed E-state index contributed by atoms with van der Waals surface area (Å²) in [5, 5.41) is 10.6. The standard InChI is InChI=1S/C12H13NO4/c1-3-12(2)7-10(14)9-6-8(13(15)16)4-5-11(9)17-12/h4-6H,3,7H2,1-2H3/t12-/m1/s1. The number of nitro groups is 1. The van der Waals surface area contributed by atoms with Gasteiger partial charge in [0, 0.05) is 12.1 Å². The van der Waals surface area contributed by atoms with Gasteiger partial charge in [0.15, 0.2) is 5.78 Å². The summed E-state index contributed by atoms with van der Waals surface area (Å²) >= 11 is 0. The van der Waals surface area contributed by atoms with E-state index in [1.165, 1.54) is 18.2 Å². The minimum Gasteiger partial charge on any atom is -0.486 e. The molecule has 0 bridgehead atoms. The van der Waals surface area contributed by atoms with E-state index in [9.17, 15) is 14.9 Å². The van der Waals surface area contributed by atoms with Crippen molar-refractivity contribution in [3.63, 3.8) is 0 Å². The van der Waals surface area contributed by atoms with Crippen molar-refractivity contribution in [2.24, 2.45) is 0 Å². The van der Waals surface area contributed by atoms with Crippen molar-refractivity contribution in [1.29, 1.82) is 0 Å². The van der Waals surface area contributed by atoms with Crippen LogP contribution in [0.1, 0.15) is 37.0 Å². The second-order valence-electron chi connectivity index (χ2n) is 4.44. The minimum absolute atomic E-state index is 0.0826. The van der Waals surface area contributed by atoms with E-state index in [4.69, 9.17) is 4.74 Å². The van der Waals surface area contributed by atoms with Gasteiger partial charge in [0.25, 0.3) is 5.69 Å². The van der Waals surface area contributed by atoms with Crippen LogP contribution in [0.25, 0.3) is 0 Å². The fourth-order valence-electron chi connectivity index (χ4n) is 1.87. The molecule has 1 aromatic carbocycles. The van der Waals surface area contributed by atoms with Gasteiger partial charge in [-0.15, -0.1) is 0 Å². The number of hydrogen-bond acceptors (Lipinski definition) is 4. The van der Waals surface area contributed by atoms with Crippen molar-refractivity contribution in [1.82, 2.24) is 0 Å². The molecule has 0 radical (unpaired) electrons. The summed E-state index contributed by atoms with van der Waals surface area (Å²) in [5.74, 6) is 0.343. The average Bonchev–Trinajstić information content (AvgIpc) is 2.28. The van der Waals surface area contributed by atoms with E-state index in [0.717, 1.165) is 6.42 Å². The van der Waals surface area contributed by atoms with Gasteiger partial charge < -0.3 is 4.74 Å². The van der Waals surface area contributed by atoms with E-state index >= 15 is 0 Å². The quantitative estimate of drug-likeness (QED) is 0.583. The summed E-state index contributed by atoms with van der Waals surface area (Å²) in [6.45, 7) is 3.82. The van der Waals surface area contributed by atoms with Crippen molar-refractivity contribution in [3.05, 3.63) is 33.9 Å². The fourth-order valence-corrected chi connectivity index (χ4v) is 1.87. The normalized spacial score (nSPS) is 22.8. The molecule has 2 rings (SSSR count). The molecule has 1 aliphatic rings. The largest absolute Gasteiger partial charge is 0.486 e. The lowest BCUT2D eigenvalue weighted by Crippen LogP contribution is -2.38. The summed E-state index contributed by atoms with van der Waals surface area (Å²) in [6.07, 6.45) is 0.979. The maximum absolute atomic E-state index is 11.9. The van der Waals surface area contributed by atoms with E-state index in [-0.39, 0.29) is 17.9 Å². The van der Waals surface area contributed by atoms with Crippen molar-refractivity contribution in [2.45, 2.75) is 32.3 Å². The second-order valence-corrected chi connectivity index (χ2v) is 4.44. The average molecular weight is 235 g/mol. The van der Waals surface area contributed by atoms with Crippen LogP contribution in [0.15, 0.2) is 18.2 Å². The molecule has 1 aliphatic heterocycles. The number of non-ortho nitro benzene ring substituents is 1. The van der Waals surface area contributed by atoms with E-state index in [0.29, 0.717) is 11.3 Å². The van der Waals surface area contributed by atoms with E-state index in [2.05, 4.69) is 0 Å². The van der Waals surface area contributed by atoms with Crippen molar-refractivity contribution >= 4 is 11.5 Å². The Balaban J connectivity index is 2.45. The van der Waals surface area contributed by atoms with Gasteiger partial charge in [-0.05, 0) is 19.4 Å². The van der Waals surface area contributed by atoms with Crippen LogP contribution in [0.5, 0.6) is 5.75 Å². The lowest BCUT2D eigenvalue weighted by Gasteiger charge is -2.33. The zero-order chi connectivity index (χ0) is 12.6. The summed E-state index contributed by atoms with van der Waals surface area (Å²) in [5.41, 5.74) is -0.272. The Bertz CT molecular complexity index is 497. The number of benzene rings is 1. The van der Waals surface area contributed by atoms with Gasteiger partial charge in [-0.25, -0.2) is 0 Å². The Morgan fingerprint density at radius 1 is 1.53 bits per heavy atom. The Morgan fingerprint density at radius 3 is 2.82 bits per heavy atom. The predicted octanol–water partition coefficient (Wildman–Crippen LogP) is 2.73. The van der Waals surface area contributed by atoms with Crippen LogP contribution in [0.4, 0.5) is 5.69 Å². The zero-order valence-electron chi connectivity index (χ0n) is 9.73. The molecule has 17 heavy (non-hydrogen) atoms. The first kappa shape index (κ1) is 11.6. The molecule has 0 fully saturated rings. The monoisotopic (exact) mass is 235 g/mol. The Morgan fingerprint density at radius 2 is 2.24 bits per heavy atom. The first-order valence-corrected chi connectivity index (χ1v) is 5.46. The summed E-state index contributed by atoms with van der Waals surface area (Å²) in [4.78, 5) is 22.0. The third kappa shape index (κ3) is 2.00. The lowest BCUT2D eigenvalue weighted by atomic mass is 9.89. The Labute approximate surface area is 98.5 Å². The molecule has 5 heteroatoms. The topological polar surface area (TPSA) is 69.4 Å². The molecule has 0 aromatic heterocycles. The molecule has 0 amide bonds. The highest BCUT2D eigenvalue weighted by Crippen LogP contribution is 2.36. The number of Topliss-reactive ketones (excluding diaryl/α,β-unsaturated/α-hetero) is 1. The summed E-state index contributed by atoms with van der Waals surface area (Å²) < 4.78 is 5.73. The zero-order valence-corrected chi connectivity index (χ0v) is 9.73. The van der Waals surface area contributed by atoms with Gasteiger partial charge in [0.2, 0.25) is 0 Å². The first-order chi connectivity index (χ1) is 7.95. The predicted molar refractivity (Wildman–Crippen MR) is 61.4 cm³/mol. The number of carbonyl (C=O) groups excluding carboxylic acids is 1.